The molecular formula is C17H28N2O2. The maximum Gasteiger partial charge on any atom is 0.224 e. The lowest BCUT2D eigenvalue weighted by atomic mass is 9.87. The van der Waals surface area contributed by atoms with Gasteiger partial charge in [-0.3, -0.25) is 4.79 Å². The molecule has 1 aromatic rings. The molecule has 4 nitrogen and oxygen atoms in total. The molecule has 21 heavy (non-hydrogen) atoms. The highest BCUT2D eigenvalue weighted by molar-refractivity contribution is 5.92. The molecule has 1 aromatic carbocycles. The summed E-state index contributed by atoms with van der Waals surface area (Å²) in [5, 5.41) is 2.95. The summed E-state index contributed by atoms with van der Waals surface area (Å²) in [6.45, 7) is 9.00. The number of methoxy groups -OCH3 is 1. The molecule has 3 N–H and O–H groups in total. The van der Waals surface area contributed by atoms with Gasteiger partial charge in [0.2, 0.25) is 5.91 Å². The van der Waals surface area contributed by atoms with Gasteiger partial charge in [0.15, 0.2) is 0 Å². The number of amides is 1. The summed E-state index contributed by atoms with van der Waals surface area (Å²) in [6.07, 6.45) is 1.35. The van der Waals surface area contributed by atoms with Crippen LogP contribution in [0.15, 0.2) is 18.2 Å². The summed E-state index contributed by atoms with van der Waals surface area (Å²) < 4.78 is 5.33. The Morgan fingerprint density at radius 3 is 2.52 bits per heavy atom. The zero-order valence-corrected chi connectivity index (χ0v) is 13.8. The largest absolute Gasteiger partial charge is 0.495 e. The van der Waals surface area contributed by atoms with E-state index < -0.39 is 0 Å². The Bertz CT molecular complexity index is 474. The molecule has 118 valence electrons. The summed E-state index contributed by atoms with van der Waals surface area (Å²) in [6, 6.07) is 5.92. The van der Waals surface area contributed by atoms with Crippen molar-refractivity contribution in [1.29, 1.82) is 0 Å². The second-order valence-corrected chi connectivity index (χ2v) is 6.43. The van der Waals surface area contributed by atoms with Crippen LogP contribution < -0.4 is 15.8 Å². The van der Waals surface area contributed by atoms with Crippen molar-refractivity contribution in [3.8, 4) is 5.75 Å². The fourth-order valence-electron chi connectivity index (χ4n) is 2.13. The maximum atomic E-state index is 12.1. The molecule has 1 amide bonds. The summed E-state index contributed by atoms with van der Waals surface area (Å²) in [5.74, 6) is 0.885. The molecule has 0 radical (unpaired) electrons. The first-order chi connectivity index (χ1) is 9.81. The molecule has 0 aliphatic heterocycles. The smallest absolute Gasteiger partial charge is 0.224 e. The van der Waals surface area contributed by atoms with Crippen molar-refractivity contribution >= 4 is 11.6 Å². The number of ether oxygens (including phenoxy) is 1. The first kappa shape index (κ1) is 17.5. The Kier molecular flexibility index (Phi) is 6.21. The third kappa shape index (κ3) is 5.05. The lowest BCUT2D eigenvalue weighted by Gasteiger charge is -2.21. The zero-order valence-electron chi connectivity index (χ0n) is 13.8. The van der Waals surface area contributed by atoms with Crippen molar-refractivity contribution in [2.45, 2.75) is 46.0 Å². The van der Waals surface area contributed by atoms with Gasteiger partial charge in [0.25, 0.3) is 0 Å². The van der Waals surface area contributed by atoms with E-state index in [1.807, 2.05) is 25.1 Å². The number of hydrogen-bond donors (Lipinski definition) is 2. The van der Waals surface area contributed by atoms with Crippen LogP contribution in [0, 0.1) is 5.92 Å². The number of hydrogen-bond acceptors (Lipinski definition) is 3. The molecule has 0 bridgehead atoms. The van der Waals surface area contributed by atoms with Crippen molar-refractivity contribution in [3.63, 3.8) is 0 Å². The van der Waals surface area contributed by atoms with Gasteiger partial charge in [-0.05, 0) is 35.6 Å². The van der Waals surface area contributed by atoms with E-state index in [4.69, 9.17) is 10.5 Å². The van der Waals surface area contributed by atoms with Gasteiger partial charge in [-0.2, -0.15) is 0 Å². The predicted octanol–water partition coefficient (Wildman–Crippen LogP) is 3.31. The third-order valence-electron chi connectivity index (χ3n) is 3.72. The van der Waals surface area contributed by atoms with Gasteiger partial charge in [-0.25, -0.2) is 0 Å². The number of benzene rings is 1. The molecule has 1 unspecified atom stereocenters. The molecule has 0 aliphatic rings. The fourth-order valence-corrected chi connectivity index (χ4v) is 2.13. The molecule has 0 aliphatic carbocycles. The highest BCUT2D eigenvalue weighted by atomic mass is 16.5. The van der Waals surface area contributed by atoms with Gasteiger partial charge in [-0.15, -0.1) is 0 Å². The summed E-state index contributed by atoms with van der Waals surface area (Å²) >= 11 is 0. The Morgan fingerprint density at radius 2 is 2.05 bits per heavy atom. The highest BCUT2D eigenvalue weighted by Crippen LogP contribution is 2.31. The first-order valence-electron chi connectivity index (χ1n) is 7.50. The minimum Gasteiger partial charge on any atom is -0.495 e. The molecule has 0 fully saturated rings. The van der Waals surface area contributed by atoms with Crippen molar-refractivity contribution < 1.29 is 9.53 Å². The van der Waals surface area contributed by atoms with Crippen LogP contribution in [0.1, 0.15) is 46.1 Å². The van der Waals surface area contributed by atoms with Crippen LogP contribution in [0.3, 0.4) is 0 Å². The zero-order chi connectivity index (χ0) is 16.0. The molecule has 0 saturated carbocycles. The molecule has 1 rings (SSSR count). The Morgan fingerprint density at radius 1 is 1.38 bits per heavy atom. The van der Waals surface area contributed by atoms with E-state index in [1.165, 1.54) is 0 Å². The number of nitrogens with two attached hydrogens (primary N) is 1. The van der Waals surface area contributed by atoms with Gasteiger partial charge in [0.05, 0.1) is 12.8 Å². The van der Waals surface area contributed by atoms with E-state index in [9.17, 15) is 4.79 Å². The van der Waals surface area contributed by atoms with Crippen LogP contribution in [-0.2, 0) is 10.2 Å². The van der Waals surface area contributed by atoms with E-state index in [1.54, 1.807) is 7.11 Å². The fraction of sp³-hybridized carbons (Fsp3) is 0.588. The normalized spacial score (nSPS) is 12.9. The molecule has 0 saturated heterocycles. The Balaban J connectivity index is 2.92. The number of nitrogens with one attached hydrogen (secondary N) is 1. The minimum absolute atomic E-state index is 0.0170. The quantitative estimate of drug-likeness (QED) is 0.845. The van der Waals surface area contributed by atoms with Crippen LogP contribution in [0.2, 0.25) is 0 Å². The minimum atomic E-state index is -0.0170. The predicted molar refractivity (Wildman–Crippen MR) is 87.8 cm³/mol. The second kappa shape index (κ2) is 7.46. The van der Waals surface area contributed by atoms with Gasteiger partial charge in [-0.1, -0.05) is 40.2 Å². The first-order valence-corrected chi connectivity index (χ1v) is 7.50. The number of rotatable bonds is 6. The van der Waals surface area contributed by atoms with Gasteiger partial charge in [0, 0.05) is 6.42 Å². The number of carbonyl (C=O) groups excluding carboxylic acids is 1. The van der Waals surface area contributed by atoms with E-state index in [-0.39, 0.29) is 17.2 Å². The lowest BCUT2D eigenvalue weighted by molar-refractivity contribution is -0.117. The number of anilines is 1. The van der Waals surface area contributed by atoms with E-state index >= 15 is 0 Å². The standard InChI is InChI=1S/C17H28N2O2/c1-6-12(11-18)9-16(20)19-14-10-13(17(2,3)4)7-8-15(14)21-5/h7-8,10,12H,6,9,11,18H2,1-5H3,(H,19,20). The van der Waals surface area contributed by atoms with E-state index in [2.05, 4.69) is 26.1 Å². The van der Waals surface area contributed by atoms with E-state index in [0.29, 0.717) is 18.7 Å². The molecule has 1 atom stereocenters. The molecular weight excluding hydrogens is 264 g/mol. The third-order valence-corrected chi connectivity index (χ3v) is 3.72. The average molecular weight is 292 g/mol. The maximum absolute atomic E-state index is 12.1. The van der Waals surface area contributed by atoms with Crippen molar-refractivity contribution in [1.82, 2.24) is 0 Å². The summed E-state index contributed by atoms with van der Waals surface area (Å²) in [7, 11) is 1.61. The SMILES string of the molecule is CCC(CN)CC(=O)Nc1cc(C(C)(C)C)ccc1OC. The lowest BCUT2D eigenvalue weighted by Crippen LogP contribution is -2.22. The highest BCUT2D eigenvalue weighted by Gasteiger charge is 2.18. The van der Waals surface area contributed by atoms with Crippen LogP contribution in [-0.4, -0.2) is 19.6 Å². The van der Waals surface area contributed by atoms with Crippen LogP contribution in [0.4, 0.5) is 5.69 Å². The van der Waals surface area contributed by atoms with Gasteiger partial charge < -0.3 is 15.8 Å². The number of carbonyl (C=O) groups is 1. The van der Waals surface area contributed by atoms with Crippen molar-refractivity contribution in [2.75, 3.05) is 19.0 Å². The van der Waals surface area contributed by atoms with Gasteiger partial charge in [0.1, 0.15) is 5.75 Å². The van der Waals surface area contributed by atoms with Crippen LogP contribution >= 0.6 is 0 Å². The summed E-state index contributed by atoms with van der Waals surface area (Å²) in [5.41, 5.74) is 7.56. The molecule has 0 aromatic heterocycles. The molecule has 4 heteroatoms. The van der Waals surface area contributed by atoms with Gasteiger partial charge >= 0.3 is 0 Å². The monoisotopic (exact) mass is 292 g/mol. The molecule has 0 spiro atoms. The Labute approximate surface area is 128 Å². The van der Waals surface area contributed by atoms with E-state index in [0.717, 1.165) is 17.7 Å². The second-order valence-electron chi connectivity index (χ2n) is 6.43. The Hall–Kier alpha value is -1.55. The topological polar surface area (TPSA) is 64.4 Å². The summed E-state index contributed by atoms with van der Waals surface area (Å²) in [4.78, 5) is 12.1. The van der Waals surface area contributed by atoms with Crippen LogP contribution in [0.25, 0.3) is 0 Å². The van der Waals surface area contributed by atoms with Crippen LogP contribution in [0.5, 0.6) is 5.75 Å². The average Bonchev–Trinajstić information content (AvgIpc) is 2.43. The van der Waals surface area contributed by atoms with Crippen molar-refractivity contribution in [3.05, 3.63) is 23.8 Å². The van der Waals surface area contributed by atoms with Crippen molar-refractivity contribution in [2.24, 2.45) is 11.7 Å². The molecule has 0 heterocycles.